The molecule has 0 radical (unpaired) electrons. The fourth-order valence-electron chi connectivity index (χ4n) is 1.50. The summed E-state index contributed by atoms with van der Waals surface area (Å²) in [4.78, 5) is 21.9. The van der Waals surface area contributed by atoms with Crippen molar-refractivity contribution < 1.29 is 4.79 Å². The van der Waals surface area contributed by atoms with Gasteiger partial charge >= 0.3 is 0 Å². The summed E-state index contributed by atoms with van der Waals surface area (Å²) in [6.45, 7) is 0.470. The molecule has 0 bridgehead atoms. The average Bonchev–Trinajstić information content (AvgIpc) is 2.40. The van der Waals surface area contributed by atoms with Crippen LogP contribution in [-0.2, 0) is 6.54 Å². The van der Waals surface area contributed by atoms with Gasteiger partial charge in [0.2, 0.25) is 0 Å². The van der Waals surface area contributed by atoms with Gasteiger partial charge in [0.15, 0.2) is 0 Å². The number of carbonyl (C=O) groups is 1. The van der Waals surface area contributed by atoms with Crippen LogP contribution in [0, 0.1) is 0 Å². The molecule has 0 aromatic carbocycles. The highest BCUT2D eigenvalue weighted by Gasteiger charge is 2.13. The van der Waals surface area contributed by atoms with E-state index in [4.69, 9.17) is 0 Å². The first-order valence-electron chi connectivity index (χ1n) is 5.44. The van der Waals surface area contributed by atoms with Crippen molar-refractivity contribution in [2.45, 2.75) is 6.54 Å². The number of hydrogen-bond acceptors (Lipinski definition) is 3. The second-order valence-corrected chi connectivity index (χ2v) is 4.76. The van der Waals surface area contributed by atoms with E-state index in [0.717, 1.165) is 10.2 Å². The second-order valence-electron chi connectivity index (χ2n) is 3.84. The van der Waals surface area contributed by atoms with E-state index in [9.17, 15) is 4.79 Å². The normalized spacial score (nSPS) is 10.1. The van der Waals surface area contributed by atoms with Crippen LogP contribution in [-0.4, -0.2) is 27.8 Å². The van der Waals surface area contributed by atoms with Gasteiger partial charge < -0.3 is 4.90 Å². The maximum absolute atomic E-state index is 12.1. The van der Waals surface area contributed by atoms with Crippen LogP contribution in [0.2, 0.25) is 0 Å². The van der Waals surface area contributed by atoms with Gasteiger partial charge in [-0.05, 0) is 40.2 Å². The zero-order chi connectivity index (χ0) is 13.0. The number of hydrogen-bond donors (Lipinski definition) is 0. The Morgan fingerprint density at radius 1 is 1.28 bits per heavy atom. The van der Waals surface area contributed by atoms with Gasteiger partial charge in [0.1, 0.15) is 5.69 Å². The van der Waals surface area contributed by atoms with Crippen molar-refractivity contribution in [2.24, 2.45) is 0 Å². The van der Waals surface area contributed by atoms with Gasteiger partial charge in [0.05, 0.1) is 12.2 Å². The molecule has 0 saturated heterocycles. The molecule has 0 N–H and O–H groups in total. The maximum Gasteiger partial charge on any atom is 0.272 e. The molecule has 0 atom stereocenters. The Hall–Kier alpha value is -1.75. The zero-order valence-electron chi connectivity index (χ0n) is 9.88. The summed E-state index contributed by atoms with van der Waals surface area (Å²) in [5, 5.41) is 0. The van der Waals surface area contributed by atoms with Gasteiger partial charge in [-0.2, -0.15) is 0 Å². The summed E-state index contributed by atoms with van der Waals surface area (Å²) in [5.41, 5.74) is 1.28. The summed E-state index contributed by atoms with van der Waals surface area (Å²) >= 11 is 3.29. The number of carbonyl (C=O) groups excluding carboxylic acids is 1. The van der Waals surface area contributed by atoms with Gasteiger partial charge in [-0.1, -0.05) is 6.07 Å². The van der Waals surface area contributed by atoms with Crippen LogP contribution in [0.25, 0.3) is 0 Å². The lowest BCUT2D eigenvalue weighted by Gasteiger charge is -2.16. The second kappa shape index (κ2) is 5.73. The number of nitrogens with zero attached hydrogens (tertiary/aromatic N) is 3. The molecular formula is C13H12BrN3O. The van der Waals surface area contributed by atoms with E-state index in [1.165, 1.54) is 0 Å². The Morgan fingerprint density at radius 3 is 2.72 bits per heavy atom. The minimum atomic E-state index is -0.117. The third-order valence-corrected chi connectivity index (χ3v) is 2.89. The first kappa shape index (κ1) is 12.7. The quantitative estimate of drug-likeness (QED) is 0.875. The van der Waals surface area contributed by atoms with Crippen LogP contribution in [0.1, 0.15) is 16.2 Å². The number of pyridine rings is 2. The third-order valence-electron chi connectivity index (χ3n) is 2.42. The van der Waals surface area contributed by atoms with E-state index in [1.807, 2.05) is 18.2 Å². The Labute approximate surface area is 114 Å². The van der Waals surface area contributed by atoms with Crippen LogP contribution >= 0.6 is 15.9 Å². The average molecular weight is 306 g/mol. The molecule has 2 heterocycles. The summed E-state index contributed by atoms with van der Waals surface area (Å²) in [7, 11) is 1.74. The van der Waals surface area contributed by atoms with E-state index < -0.39 is 0 Å². The lowest BCUT2D eigenvalue weighted by atomic mass is 10.3. The molecule has 5 heteroatoms. The molecule has 18 heavy (non-hydrogen) atoms. The summed E-state index contributed by atoms with van der Waals surface area (Å²) in [6, 6.07) is 9.13. The van der Waals surface area contributed by atoms with Crippen molar-refractivity contribution in [1.29, 1.82) is 0 Å². The van der Waals surface area contributed by atoms with Crippen LogP contribution in [0.5, 0.6) is 0 Å². The predicted octanol–water partition coefficient (Wildman–Crippen LogP) is 2.51. The topological polar surface area (TPSA) is 46.1 Å². The van der Waals surface area contributed by atoms with Crippen molar-refractivity contribution in [3.05, 3.63) is 58.6 Å². The smallest absolute Gasteiger partial charge is 0.272 e. The van der Waals surface area contributed by atoms with Crippen LogP contribution in [0.4, 0.5) is 0 Å². The van der Waals surface area contributed by atoms with Crippen molar-refractivity contribution >= 4 is 21.8 Å². The number of aromatic nitrogens is 2. The summed E-state index contributed by atoms with van der Waals surface area (Å²) < 4.78 is 0.853. The zero-order valence-corrected chi connectivity index (χ0v) is 11.5. The molecule has 0 spiro atoms. The number of halogens is 1. The molecule has 0 fully saturated rings. The molecule has 0 aliphatic carbocycles. The van der Waals surface area contributed by atoms with E-state index in [0.29, 0.717) is 12.2 Å². The highest BCUT2D eigenvalue weighted by atomic mass is 79.9. The molecule has 0 unspecified atom stereocenters. The molecule has 0 saturated carbocycles. The van der Waals surface area contributed by atoms with E-state index in [1.54, 1.807) is 36.5 Å². The SMILES string of the molecule is CN(Cc1ccccn1)C(=O)c1ccc(Br)cn1. The highest BCUT2D eigenvalue weighted by Crippen LogP contribution is 2.09. The van der Waals surface area contributed by atoms with Crippen molar-refractivity contribution in [3.63, 3.8) is 0 Å². The minimum absolute atomic E-state index is 0.117. The summed E-state index contributed by atoms with van der Waals surface area (Å²) in [6.07, 6.45) is 3.33. The lowest BCUT2D eigenvalue weighted by molar-refractivity contribution is 0.0777. The Morgan fingerprint density at radius 2 is 2.11 bits per heavy atom. The molecule has 2 aromatic rings. The molecule has 2 aromatic heterocycles. The molecular weight excluding hydrogens is 294 g/mol. The van der Waals surface area contributed by atoms with Gasteiger partial charge in [0, 0.05) is 23.9 Å². The Kier molecular flexibility index (Phi) is 4.04. The van der Waals surface area contributed by atoms with Crippen molar-refractivity contribution in [1.82, 2.24) is 14.9 Å². The molecule has 92 valence electrons. The lowest BCUT2D eigenvalue weighted by Crippen LogP contribution is -2.27. The van der Waals surface area contributed by atoms with E-state index in [2.05, 4.69) is 25.9 Å². The molecule has 0 aliphatic heterocycles. The molecule has 4 nitrogen and oxygen atoms in total. The van der Waals surface area contributed by atoms with Crippen molar-refractivity contribution in [3.8, 4) is 0 Å². The fourth-order valence-corrected chi connectivity index (χ4v) is 1.74. The molecule has 1 amide bonds. The Balaban J connectivity index is 2.07. The van der Waals surface area contributed by atoms with Crippen LogP contribution in [0.3, 0.4) is 0 Å². The largest absolute Gasteiger partial charge is 0.334 e. The fraction of sp³-hybridized carbons (Fsp3) is 0.154. The molecule has 2 rings (SSSR count). The maximum atomic E-state index is 12.1. The highest BCUT2D eigenvalue weighted by molar-refractivity contribution is 9.10. The van der Waals surface area contributed by atoms with Gasteiger partial charge in [-0.15, -0.1) is 0 Å². The van der Waals surface area contributed by atoms with Gasteiger partial charge in [-0.3, -0.25) is 9.78 Å². The third kappa shape index (κ3) is 3.13. The minimum Gasteiger partial charge on any atom is -0.334 e. The number of rotatable bonds is 3. The van der Waals surface area contributed by atoms with Crippen LogP contribution in [0.15, 0.2) is 47.2 Å². The summed E-state index contributed by atoms with van der Waals surface area (Å²) in [5.74, 6) is -0.117. The number of amides is 1. The van der Waals surface area contributed by atoms with Gasteiger partial charge in [-0.25, -0.2) is 4.98 Å². The van der Waals surface area contributed by atoms with Crippen LogP contribution < -0.4 is 0 Å². The first-order chi connectivity index (χ1) is 8.66. The van der Waals surface area contributed by atoms with Gasteiger partial charge in [0.25, 0.3) is 5.91 Å². The Bertz CT molecular complexity index is 528. The molecule has 0 aliphatic rings. The van der Waals surface area contributed by atoms with E-state index in [-0.39, 0.29) is 5.91 Å². The standard InChI is InChI=1S/C13H12BrN3O/c1-17(9-11-4-2-3-7-15-11)13(18)12-6-5-10(14)8-16-12/h2-8H,9H2,1H3. The monoisotopic (exact) mass is 305 g/mol. The first-order valence-corrected chi connectivity index (χ1v) is 6.23. The van der Waals surface area contributed by atoms with E-state index >= 15 is 0 Å². The van der Waals surface area contributed by atoms with Crippen molar-refractivity contribution in [2.75, 3.05) is 7.05 Å². The predicted molar refractivity (Wildman–Crippen MR) is 72.0 cm³/mol.